The molecule has 0 bridgehead atoms. The van der Waals surface area contributed by atoms with Gasteiger partial charge in [-0.1, -0.05) is 81.6 Å². The van der Waals surface area contributed by atoms with Crippen LogP contribution in [-0.2, 0) is 19.1 Å². The number of nitrogens with one attached hydrogen (secondary N) is 2. The van der Waals surface area contributed by atoms with Crippen LogP contribution in [0.2, 0.25) is 0 Å². The lowest BCUT2D eigenvalue weighted by Crippen LogP contribution is -2.53. The highest BCUT2D eigenvalue weighted by Crippen LogP contribution is 2.27. The number of hydrogen-bond acceptors (Lipinski definition) is 7. The lowest BCUT2D eigenvalue weighted by molar-refractivity contribution is -0.150. The molecule has 10 nitrogen and oxygen atoms in total. The normalized spacial score (nSPS) is 16.6. The quantitative estimate of drug-likeness (QED) is 0.426. The van der Waals surface area contributed by atoms with Gasteiger partial charge in [-0.2, -0.15) is 0 Å². The number of ether oxygens (including phenoxy) is 1. The SMILES string of the molecule is C.CC.CC(C)C.CCC.COC(=O)C1CCCN1C(=O)CNC(=O)C(NC(=O)c1cnccn1)C1CCCCC1. The van der Waals surface area contributed by atoms with Crippen molar-refractivity contribution in [2.75, 3.05) is 20.2 Å². The molecule has 0 radical (unpaired) electrons. The van der Waals surface area contributed by atoms with Crippen LogP contribution < -0.4 is 10.6 Å². The van der Waals surface area contributed by atoms with Gasteiger partial charge in [-0.15, -0.1) is 0 Å². The number of likely N-dealkylation sites (tertiary alicyclic amines) is 1. The first kappa shape index (κ1) is 40.1. The van der Waals surface area contributed by atoms with Crippen molar-refractivity contribution in [3.63, 3.8) is 0 Å². The number of aromatic nitrogens is 2. The third-order valence-corrected chi connectivity index (χ3v) is 5.95. The molecule has 2 atom stereocenters. The molecule has 1 aliphatic carbocycles. The average molecular weight is 580 g/mol. The van der Waals surface area contributed by atoms with Crippen molar-refractivity contribution in [3.05, 3.63) is 24.3 Å². The number of methoxy groups -OCH3 is 1. The Morgan fingerprint density at radius 2 is 1.59 bits per heavy atom. The maximum atomic E-state index is 13.0. The van der Waals surface area contributed by atoms with Crippen LogP contribution in [-0.4, -0.2) is 70.8 Å². The fraction of sp³-hybridized carbons (Fsp3) is 0.742. The molecule has 1 saturated carbocycles. The molecule has 0 spiro atoms. The molecule has 2 heterocycles. The highest BCUT2D eigenvalue weighted by atomic mass is 16.5. The van der Waals surface area contributed by atoms with Crippen molar-refractivity contribution in [2.24, 2.45) is 11.8 Å². The fourth-order valence-corrected chi connectivity index (χ4v) is 4.32. The van der Waals surface area contributed by atoms with E-state index in [2.05, 4.69) is 55.2 Å². The molecule has 1 aromatic heterocycles. The van der Waals surface area contributed by atoms with Gasteiger partial charge in [0.2, 0.25) is 11.8 Å². The van der Waals surface area contributed by atoms with Gasteiger partial charge in [-0.05, 0) is 37.5 Å². The number of nitrogens with zero attached hydrogens (tertiary/aromatic N) is 3. The van der Waals surface area contributed by atoms with Crippen molar-refractivity contribution < 1.29 is 23.9 Å². The van der Waals surface area contributed by atoms with E-state index in [1.807, 2.05) is 13.8 Å². The van der Waals surface area contributed by atoms with Gasteiger partial charge in [-0.25, -0.2) is 9.78 Å². The maximum Gasteiger partial charge on any atom is 0.328 e. The molecule has 1 saturated heterocycles. The fourth-order valence-electron chi connectivity index (χ4n) is 4.32. The number of hydrogen-bond donors (Lipinski definition) is 2. The summed E-state index contributed by atoms with van der Waals surface area (Å²) in [6.07, 6.45) is 11.5. The Labute approximate surface area is 248 Å². The third-order valence-electron chi connectivity index (χ3n) is 5.95. The van der Waals surface area contributed by atoms with Gasteiger partial charge in [0.1, 0.15) is 17.8 Å². The minimum Gasteiger partial charge on any atom is -0.467 e. The number of esters is 1. The van der Waals surface area contributed by atoms with E-state index in [1.54, 1.807) is 0 Å². The van der Waals surface area contributed by atoms with E-state index in [4.69, 9.17) is 4.74 Å². The monoisotopic (exact) mass is 579 g/mol. The zero-order valence-electron chi connectivity index (χ0n) is 26.0. The Balaban J connectivity index is 0. The predicted molar refractivity (Wildman–Crippen MR) is 164 cm³/mol. The first-order valence-electron chi connectivity index (χ1n) is 14.9. The molecule has 2 aliphatic rings. The molecule has 3 rings (SSSR count). The summed E-state index contributed by atoms with van der Waals surface area (Å²) in [6.45, 7) is 15.0. The lowest BCUT2D eigenvalue weighted by Gasteiger charge is -2.30. The molecule has 236 valence electrons. The predicted octanol–water partition coefficient (Wildman–Crippen LogP) is 5.18. The van der Waals surface area contributed by atoms with Crippen LogP contribution in [0.5, 0.6) is 0 Å². The second kappa shape index (κ2) is 23.6. The lowest BCUT2D eigenvalue weighted by atomic mass is 9.83. The highest BCUT2D eigenvalue weighted by Gasteiger charge is 2.36. The van der Waals surface area contributed by atoms with Crippen LogP contribution in [0.4, 0.5) is 0 Å². The number of rotatable bonds is 7. The van der Waals surface area contributed by atoms with E-state index >= 15 is 0 Å². The highest BCUT2D eigenvalue weighted by molar-refractivity contribution is 5.97. The second-order valence-electron chi connectivity index (χ2n) is 10.4. The summed E-state index contributed by atoms with van der Waals surface area (Å²) in [5, 5.41) is 5.44. The molecular formula is C31H57N5O5. The molecule has 0 aromatic carbocycles. The zero-order chi connectivity index (χ0) is 30.5. The van der Waals surface area contributed by atoms with Crippen LogP contribution in [0.15, 0.2) is 18.6 Å². The van der Waals surface area contributed by atoms with Crippen molar-refractivity contribution in [3.8, 4) is 0 Å². The summed E-state index contributed by atoms with van der Waals surface area (Å²) in [5.74, 6) is -0.863. The maximum absolute atomic E-state index is 13.0. The minimum atomic E-state index is -0.766. The van der Waals surface area contributed by atoms with Crippen molar-refractivity contribution in [2.45, 2.75) is 119 Å². The average Bonchev–Trinajstić information content (AvgIpc) is 3.46. The molecule has 10 heteroatoms. The summed E-state index contributed by atoms with van der Waals surface area (Å²) in [7, 11) is 1.29. The summed E-state index contributed by atoms with van der Waals surface area (Å²) in [5.41, 5.74) is 0.130. The molecule has 41 heavy (non-hydrogen) atoms. The van der Waals surface area contributed by atoms with Crippen molar-refractivity contribution in [1.82, 2.24) is 25.5 Å². The van der Waals surface area contributed by atoms with E-state index in [9.17, 15) is 19.2 Å². The molecule has 3 amide bonds. The number of carbonyl (C=O) groups excluding carboxylic acids is 4. The number of amides is 3. The zero-order valence-corrected chi connectivity index (χ0v) is 26.0. The molecular weight excluding hydrogens is 522 g/mol. The minimum absolute atomic E-state index is 0. The Morgan fingerprint density at radius 3 is 2.10 bits per heavy atom. The Hall–Kier alpha value is -3.04. The molecule has 2 fully saturated rings. The smallest absolute Gasteiger partial charge is 0.328 e. The summed E-state index contributed by atoms with van der Waals surface area (Å²) in [4.78, 5) is 59.4. The Morgan fingerprint density at radius 1 is 1.00 bits per heavy atom. The second-order valence-corrected chi connectivity index (χ2v) is 10.4. The standard InChI is InChI=1S/C21H29N5O5.C4H10.C3H8.C2H6.CH4/c1-31-21(30)16-8-5-11-26(16)17(27)13-24-20(29)18(14-6-3-2-4-7-14)25-19(28)15-12-22-9-10-23-15;1-4(2)3;1-3-2;1-2;/h9-10,12,14,16,18H,2-8,11,13H2,1H3,(H,24,29)(H,25,28);4H,1-3H3;3H2,1-2H3;1-2H3;1H4. The van der Waals surface area contributed by atoms with Gasteiger partial charge < -0.3 is 20.3 Å². The summed E-state index contributed by atoms with van der Waals surface area (Å²) in [6, 6.07) is -1.38. The van der Waals surface area contributed by atoms with Gasteiger partial charge in [0.15, 0.2) is 0 Å². The van der Waals surface area contributed by atoms with Crippen LogP contribution in [0, 0.1) is 11.8 Å². The van der Waals surface area contributed by atoms with Crippen LogP contribution in [0.3, 0.4) is 0 Å². The van der Waals surface area contributed by atoms with Gasteiger partial charge in [0.05, 0.1) is 19.9 Å². The largest absolute Gasteiger partial charge is 0.467 e. The molecule has 1 aromatic rings. The topological polar surface area (TPSA) is 131 Å². The van der Waals surface area contributed by atoms with E-state index in [0.717, 1.165) is 38.0 Å². The summed E-state index contributed by atoms with van der Waals surface area (Å²) >= 11 is 0. The van der Waals surface area contributed by atoms with E-state index in [1.165, 1.54) is 37.0 Å². The van der Waals surface area contributed by atoms with E-state index in [0.29, 0.717) is 19.4 Å². The first-order chi connectivity index (χ1) is 19.2. The molecule has 2 N–H and O–H groups in total. The summed E-state index contributed by atoms with van der Waals surface area (Å²) < 4.78 is 4.76. The van der Waals surface area contributed by atoms with E-state index in [-0.39, 0.29) is 31.5 Å². The van der Waals surface area contributed by atoms with Gasteiger partial charge in [0.25, 0.3) is 5.91 Å². The first-order valence-corrected chi connectivity index (χ1v) is 14.9. The Bertz CT molecular complexity index is 857. The van der Waals surface area contributed by atoms with Crippen molar-refractivity contribution in [1.29, 1.82) is 0 Å². The Kier molecular flexibility index (Phi) is 23.1. The van der Waals surface area contributed by atoms with Gasteiger partial charge in [-0.3, -0.25) is 19.4 Å². The molecule has 2 unspecified atom stereocenters. The van der Waals surface area contributed by atoms with Crippen molar-refractivity contribution >= 4 is 23.7 Å². The number of carbonyl (C=O) groups is 4. The third kappa shape index (κ3) is 15.5. The van der Waals surface area contributed by atoms with Crippen LogP contribution in [0.25, 0.3) is 0 Å². The van der Waals surface area contributed by atoms with Gasteiger partial charge in [0, 0.05) is 18.9 Å². The van der Waals surface area contributed by atoms with Gasteiger partial charge >= 0.3 is 5.97 Å². The van der Waals surface area contributed by atoms with Crippen LogP contribution in [0.1, 0.15) is 118 Å². The van der Waals surface area contributed by atoms with E-state index < -0.39 is 29.9 Å². The molecule has 1 aliphatic heterocycles. The van der Waals surface area contributed by atoms with Crippen LogP contribution >= 0.6 is 0 Å².